The van der Waals surface area contributed by atoms with Crippen molar-refractivity contribution in [2.45, 2.75) is 25.2 Å². The summed E-state index contributed by atoms with van der Waals surface area (Å²) in [6, 6.07) is 4.35. The summed E-state index contributed by atoms with van der Waals surface area (Å²) in [6.07, 6.45) is 5.76. The van der Waals surface area contributed by atoms with Crippen LogP contribution in [0, 0.1) is 0 Å². The topological polar surface area (TPSA) is 93.7 Å². The fourth-order valence-corrected chi connectivity index (χ4v) is 3.31. The number of fused-ring (bicyclic) bond motifs is 1. The predicted molar refractivity (Wildman–Crippen MR) is 94.9 cm³/mol. The number of hydrogen-bond acceptors (Lipinski definition) is 5. The quantitative estimate of drug-likeness (QED) is 0.543. The van der Waals surface area contributed by atoms with Gasteiger partial charge in [0, 0.05) is 12.3 Å². The van der Waals surface area contributed by atoms with E-state index in [-0.39, 0.29) is 17.4 Å². The number of allylic oxidation sites excluding steroid dienone is 3. The van der Waals surface area contributed by atoms with Gasteiger partial charge in [0.1, 0.15) is 5.75 Å². The molecule has 0 radical (unpaired) electrons. The fourth-order valence-electron chi connectivity index (χ4n) is 2.11. The van der Waals surface area contributed by atoms with Crippen molar-refractivity contribution in [3.63, 3.8) is 0 Å². The van der Waals surface area contributed by atoms with Gasteiger partial charge < -0.3 is 14.8 Å². The van der Waals surface area contributed by atoms with Crippen LogP contribution in [0.15, 0.2) is 47.0 Å². The average molecular weight is 366 g/mol. The first-order valence-corrected chi connectivity index (χ1v) is 9.47. The molecule has 1 aromatic carbocycles. The molecule has 0 spiro atoms. The van der Waals surface area contributed by atoms with Gasteiger partial charge in [0.25, 0.3) is 15.9 Å². The summed E-state index contributed by atoms with van der Waals surface area (Å²) in [6.45, 7) is 4.78. The molecule has 0 saturated carbocycles. The van der Waals surface area contributed by atoms with Crippen molar-refractivity contribution in [1.29, 1.82) is 0 Å². The maximum absolute atomic E-state index is 12.5. The summed E-state index contributed by atoms with van der Waals surface area (Å²) in [5.41, 5.74) is 0.892. The number of ether oxygens (including phenoxy) is 2. The van der Waals surface area contributed by atoms with Crippen molar-refractivity contribution in [2.24, 2.45) is 0 Å². The molecule has 0 fully saturated rings. The van der Waals surface area contributed by atoms with E-state index in [9.17, 15) is 13.2 Å². The van der Waals surface area contributed by atoms with E-state index < -0.39 is 10.0 Å². The van der Waals surface area contributed by atoms with Crippen LogP contribution < -0.4 is 14.8 Å². The van der Waals surface area contributed by atoms with Gasteiger partial charge in [0.2, 0.25) is 0 Å². The van der Waals surface area contributed by atoms with E-state index in [2.05, 4.69) is 10.0 Å². The summed E-state index contributed by atoms with van der Waals surface area (Å²) in [7, 11) is -3.76. The highest BCUT2D eigenvalue weighted by Crippen LogP contribution is 2.30. The Balaban J connectivity index is 2.14. The second-order valence-corrected chi connectivity index (χ2v) is 6.92. The van der Waals surface area contributed by atoms with Crippen molar-refractivity contribution < 1.29 is 22.7 Å². The van der Waals surface area contributed by atoms with Crippen molar-refractivity contribution >= 4 is 21.6 Å². The van der Waals surface area contributed by atoms with Gasteiger partial charge in [0.05, 0.1) is 17.2 Å². The Hall–Kier alpha value is -2.32. The Bertz CT molecular complexity index is 784. The number of amides is 1. The Labute approximate surface area is 147 Å². The summed E-state index contributed by atoms with van der Waals surface area (Å²) in [4.78, 5) is 11.4. The van der Waals surface area contributed by atoms with Crippen LogP contribution in [0.1, 0.15) is 20.3 Å². The number of nitrogens with one attached hydrogen (secondary N) is 2. The molecule has 0 atom stereocenters. The van der Waals surface area contributed by atoms with Gasteiger partial charge in [-0.1, -0.05) is 19.1 Å². The Morgan fingerprint density at radius 3 is 2.92 bits per heavy atom. The summed E-state index contributed by atoms with van der Waals surface area (Å²) in [5, 5.41) is 2.60. The molecule has 0 aliphatic carbocycles. The number of hydrogen-bond donors (Lipinski definition) is 2. The molecule has 136 valence electrons. The van der Waals surface area contributed by atoms with Crippen LogP contribution in [0.3, 0.4) is 0 Å². The lowest BCUT2D eigenvalue weighted by Crippen LogP contribution is -2.26. The SMILES string of the molecule is CCOCC=C/C=C(\CC)NS(=O)(=O)c1ccc2c(c1)NC(=O)CO2. The van der Waals surface area contributed by atoms with Gasteiger partial charge in [-0.15, -0.1) is 0 Å². The Kier molecular flexibility index (Phi) is 6.60. The number of benzene rings is 1. The Morgan fingerprint density at radius 2 is 2.20 bits per heavy atom. The van der Waals surface area contributed by atoms with Gasteiger partial charge >= 0.3 is 0 Å². The van der Waals surface area contributed by atoms with Gasteiger partial charge in [-0.25, -0.2) is 8.42 Å². The third-order valence-electron chi connectivity index (χ3n) is 3.39. The zero-order chi connectivity index (χ0) is 18.3. The number of carbonyl (C=O) groups is 1. The van der Waals surface area contributed by atoms with Crippen LogP contribution in [0.5, 0.6) is 5.75 Å². The van der Waals surface area contributed by atoms with Gasteiger partial charge in [0.15, 0.2) is 6.61 Å². The zero-order valence-corrected chi connectivity index (χ0v) is 15.1. The highest BCUT2D eigenvalue weighted by Gasteiger charge is 2.21. The molecule has 1 aromatic rings. The molecule has 0 saturated heterocycles. The van der Waals surface area contributed by atoms with Crippen LogP contribution in [-0.4, -0.2) is 34.1 Å². The monoisotopic (exact) mass is 366 g/mol. The largest absolute Gasteiger partial charge is 0.482 e. The molecule has 1 amide bonds. The first-order chi connectivity index (χ1) is 12.0. The van der Waals surface area contributed by atoms with E-state index in [1.54, 1.807) is 18.2 Å². The van der Waals surface area contributed by atoms with Crippen LogP contribution in [0.25, 0.3) is 0 Å². The molecule has 1 aliphatic heterocycles. The van der Waals surface area contributed by atoms with E-state index in [0.717, 1.165) is 0 Å². The summed E-state index contributed by atoms with van der Waals surface area (Å²) < 4.78 is 38.1. The first-order valence-electron chi connectivity index (χ1n) is 7.99. The average Bonchev–Trinajstić information content (AvgIpc) is 2.59. The summed E-state index contributed by atoms with van der Waals surface area (Å²) >= 11 is 0. The zero-order valence-electron chi connectivity index (χ0n) is 14.2. The minimum Gasteiger partial charge on any atom is -0.482 e. The molecular formula is C17H22N2O5S. The molecule has 1 aliphatic rings. The second-order valence-electron chi connectivity index (χ2n) is 5.23. The molecule has 0 aromatic heterocycles. The third-order valence-corrected chi connectivity index (χ3v) is 4.80. The molecule has 8 heteroatoms. The molecule has 1 heterocycles. The van der Waals surface area contributed by atoms with E-state index in [0.29, 0.717) is 36.8 Å². The van der Waals surface area contributed by atoms with Crippen LogP contribution in [0.4, 0.5) is 5.69 Å². The minimum atomic E-state index is -3.76. The van der Waals surface area contributed by atoms with Crippen molar-refractivity contribution in [2.75, 3.05) is 25.1 Å². The smallest absolute Gasteiger partial charge is 0.262 e. The molecule has 2 N–H and O–H groups in total. The number of carbonyl (C=O) groups excluding carboxylic acids is 1. The predicted octanol–water partition coefficient (Wildman–Crippen LogP) is 2.18. The fraction of sp³-hybridized carbons (Fsp3) is 0.353. The normalized spacial score (nSPS) is 14.8. The lowest BCUT2D eigenvalue weighted by molar-refractivity contribution is -0.118. The molecule has 0 unspecified atom stereocenters. The highest BCUT2D eigenvalue weighted by molar-refractivity contribution is 7.89. The Morgan fingerprint density at radius 1 is 1.40 bits per heavy atom. The van der Waals surface area contributed by atoms with Crippen molar-refractivity contribution in [3.05, 3.63) is 42.1 Å². The molecule has 0 bridgehead atoms. The van der Waals surface area contributed by atoms with Crippen LogP contribution in [-0.2, 0) is 19.6 Å². The number of sulfonamides is 1. The van der Waals surface area contributed by atoms with E-state index in [4.69, 9.17) is 9.47 Å². The highest BCUT2D eigenvalue weighted by atomic mass is 32.2. The minimum absolute atomic E-state index is 0.0506. The van der Waals surface area contributed by atoms with Crippen molar-refractivity contribution in [1.82, 2.24) is 4.72 Å². The summed E-state index contributed by atoms with van der Waals surface area (Å²) in [5.74, 6) is 0.132. The van der Waals surface area contributed by atoms with Crippen LogP contribution in [0.2, 0.25) is 0 Å². The van der Waals surface area contributed by atoms with Crippen LogP contribution >= 0.6 is 0 Å². The van der Waals surface area contributed by atoms with Crippen molar-refractivity contribution in [3.8, 4) is 5.75 Å². The molecule has 25 heavy (non-hydrogen) atoms. The molecule has 7 nitrogen and oxygen atoms in total. The number of rotatable bonds is 8. The van der Waals surface area contributed by atoms with Gasteiger partial charge in [-0.05, 0) is 37.6 Å². The van der Waals surface area contributed by atoms with Gasteiger partial charge in [-0.3, -0.25) is 9.52 Å². The number of anilines is 1. The molecule has 2 rings (SSSR count). The lowest BCUT2D eigenvalue weighted by Gasteiger charge is -2.19. The first kappa shape index (κ1) is 19.0. The molecular weight excluding hydrogens is 344 g/mol. The van der Waals surface area contributed by atoms with Gasteiger partial charge in [-0.2, -0.15) is 0 Å². The van der Waals surface area contributed by atoms with E-state index in [1.807, 2.05) is 13.8 Å². The maximum Gasteiger partial charge on any atom is 0.262 e. The van der Waals surface area contributed by atoms with E-state index in [1.165, 1.54) is 18.2 Å². The lowest BCUT2D eigenvalue weighted by atomic mass is 10.2. The standard InChI is InChI=1S/C17H22N2O5S/c1-3-13(7-5-6-10-23-4-2)19-25(21,22)14-8-9-16-15(11-14)18-17(20)12-24-16/h5-9,11,19H,3-4,10,12H2,1-2H3,(H,18,20)/b6-5?,13-7+. The maximum atomic E-state index is 12.5. The van der Waals surface area contributed by atoms with E-state index >= 15 is 0 Å². The third kappa shape index (κ3) is 5.33. The second kappa shape index (κ2) is 8.68.